The highest BCUT2D eigenvalue weighted by Crippen LogP contribution is 2.38. The fraction of sp³-hybridized carbons (Fsp3) is 0.692. The van der Waals surface area contributed by atoms with E-state index in [2.05, 4.69) is 15.5 Å². The standard InChI is InChI=1S/C13H19N3O4/c1-9-14-12(20-16-9)15-10(17)8-13(11(18)19)6-4-2-3-5-7-13/h2-8H2,1H3,(H,18,19)(H,14,15,16,17). The Bertz CT molecular complexity index is 490. The molecule has 20 heavy (non-hydrogen) atoms. The fourth-order valence-corrected chi connectivity index (χ4v) is 2.69. The van der Waals surface area contributed by atoms with Gasteiger partial charge in [0, 0.05) is 6.42 Å². The molecule has 110 valence electrons. The molecule has 2 N–H and O–H groups in total. The van der Waals surface area contributed by atoms with Crippen LogP contribution in [0.15, 0.2) is 4.52 Å². The highest BCUT2D eigenvalue weighted by molar-refractivity contribution is 5.92. The van der Waals surface area contributed by atoms with Crippen molar-refractivity contribution >= 4 is 17.9 Å². The summed E-state index contributed by atoms with van der Waals surface area (Å²) in [6.07, 6.45) is 4.78. The van der Waals surface area contributed by atoms with Crippen LogP contribution in [-0.4, -0.2) is 27.1 Å². The first-order valence-electron chi connectivity index (χ1n) is 6.85. The quantitative estimate of drug-likeness (QED) is 0.819. The molecular formula is C13H19N3O4. The summed E-state index contributed by atoms with van der Waals surface area (Å²) in [6, 6.07) is 0.0154. The van der Waals surface area contributed by atoms with Crippen LogP contribution in [0.4, 0.5) is 6.01 Å². The second-order valence-electron chi connectivity index (χ2n) is 5.37. The van der Waals surface area contributed by atoms with E-state index < -0.39 is 17.3 Å². The van der Waals surface area contributed by atoms with Crippen molar-refractivity contribution in [3.8, 4) is 0 Å². The smallest absolute Gasteiger partial charge is 0.328 e. The third-order valence-corrected chi connectivity index (χ3v) is 3.79. The van der Waals surface area contributed by atoms with E-state index in [1.54, 1.807) is 6.92 Å². The zero-order chi connectivity index (χ0) is 14.6. The van der Waals surface area contributed by atoms with Crippen LogP contribution in [0.5, 0.6) is 0 Å². The van der Waals surface area contributed by atoms with Gasteiger partial charge >= 0.3 is 12.0 Å². The molecule has 1 heterocycles. The molecule has 7 nitrogen and oxygen atoms in total. The molecule has 1 aromatic rings. The number of amides is 1. The van der Waals surface area contributed by atoms with Crippen LogP contribution in [-0.2, 0) is 9.59 Å². The average molecular weight is 281 g/mol. The Kier molecular flexibility index (Phi) is 4.36. The lowest BCUT2D eigenvalue weighted by Gasteiger charge is -2.26. The number of nitrogens with zero attached hydrogens (tertiary/aromatic N) is 2. The maximum Gasteiger partial charge on any atom is 0.328 e. The summed E-state index contributed by atoms with van der Waals surface area (Å²) < 4.78 is 4.80. The molecule has 0 saturated heterocycles. The lowest BCUT2D eigenvalue weighted by molar-refractivity contribution is -0.152. The van der Waals surface area contributed by atoms with Crippen LogP contribution in [0.3, 0.4) is 0 Å². The lowest BCUT2D eigenvalue weighted by atomic mass is 9.77. The van der Waals surface area contributed by atoms with Crippen molar-refractivity contribution in [2.75, 3.05) is 5.32 Å². The number of aryl methyl sites for hydroxylation is 1. The maximum absolute atomic E-state index is 12.0. The number of rotatable bonds is 4. The number of hydrogen-bond acceptors (Lipinski definition) is 5. The topological polar surface area (TPSA) is 105 Å². The summed E-state index contributed by atoms with van der Waals surface area (Å²) in [5, 5.41) is 15.5. The summed E-state index contributed by atoms with van der Waals surface area (Å²) in [4.78, 5) is 27.5. The van der Waals surface area contributed by atoms with Crippen molar-refractivity contribution in [2.45, 2.75) is 51.9 Å². The molecule has 0 aliphatic heterocycles. The lowest BCUT2D eigenvalue weighted by Crippen LogP contribution is -2.35. The number of aromatic nitrogens is 2. The van der Waals surface area contributed by atoms with E-state index in [4.69, 9.17) is 4.52 Å². The fourth-order valence-electron chi connectivity index (χ4n) is 2.69. The minimum absolute atomic E-state index is 0.0154. The van der Waals surface area contributed by atoms with Crippen LogP contribution in [0, 0.1) is 12.3 Å². The number of nitrogens with one attached hydrogen (secondary N) is 1. The van der Waals surface area contributed by atoms with Gasteiger partial charge < -0.3 is 9.63 Å². The summed E-state index contributed by atoms with van der Waals surface area (Å²) in [6.45, 7) is 1.64. The van der Waals surface area contributed by atoms with Crippen LogP contribution in [0.2, 0.25) is 0 Å². The molecule has 0 unspecified atom stereocenters. The highest BCUT2D eigenvalue weighted by atomic mass is 16.5. The van der Waals surface area contributed by atoms with Gasteiger partial charge in [0.05, 0.1) is 5.41 Å². The first kappa shape index (κ1) is 14.5. The van der Waals surface area contributed by atoms with E-state index in [1.165, 1.54) is 0 Å². The second kappa shape index (κ2) is 6.02. The van der Waals surface area contributed by atoms with Gasteiger partial charge in [0.15, 0.2) is 5.82 Å². The molecule has 7 heteroatoms. The van der Waals surface area contributed by atoms with Crippen molar-refractivity contribution in [3.63, 3.8) is 0 Å². The SMILES string of the molecule is Cc1noc(NC(=O)CC2(C(=O)O)CCCCCC2)n1. The molecule has 2 rings (SSSR count). The van der Waals surface area contributed by atoms with Gasteiger partial charge in [-0.1, -0.05) is 30.8 Å². The molecule has 0 aromatic carbocycles. The molecule has 1 aromatic heterocycles. The Morgan fingerprint density at radius 1 is 1.30 bits per heavy atom. The Labute approximate surface area is 116 Å². The van der Waals surface area contributed by atoms with Gasteiger partial charge in [0.2, 0.25) is 5.91 Å². The van der Waals surface area contributed by atoms with Gasteiger partial charge in [0.1, 0.15) is 0 Å². The van der Waals surface area contributed by atoms with Crippen molar-refractivity contribution < 1.29 is 19.2 Å². The Morgan fingerprint density at radius 3 is 2.45 bits per heavy atom. The van der Waals surface area contributed by atoms with Gasteiger partial charge in [-0.3, -0.25) is 14.9 Å². The average Bonchev–Trinajstić information content (AvgIpc) is 2.64. The van der Waals surface area contributed by atoms with Gasteiger partial charge in [-0.15, -0.1) is 0 Å². The third-order valence-electron chi connectivity index (χ3n) is 3.79. The molecule has 0 atom stereocenters. The summed E-state index contributed by atoms with van der Waals surface area (Å²) in [7, 11) is 0. The monoisotopic (exact) mass is 281 g/mol. The molecular weight excluding hydrogens is 262 g/mol. The number of carboxylic acids is 1. The first-order chi connectivity index (χ1) is 9.52. The number of carbonyl (C=O) groups is 2. The Balaban J connectivity index is 2.03. The molecule has 1 amide bonds. The second-order valence-corrected chi connectivity index (χ2v) is 5.37. The normalized spacial score (nSPS) is 18.2. The van der Waals surface area contributed by atoms with E-state index in [9.17, 15) is 14.7 Å². The van der Waals surface area contributed by atoms with Gasteiger partial charge in [-0.05, 0) is 19.8 Å². The molecule has 0 bridgehead atoms. The Hall–Kier alpha value is -1.92. The van der Waals surface area contributed by atoms with Crippen molar-refractivity contribution in [1.82, 2.24) is 10.1 Å². The minimum Gasteiger partial charge on any atom is -0.481 e. The number of carboxylic acid groups (broad SMARTS) is 1. The zero-order valence-corrected chi connectivity index (χ0v) is 11.5. The van der Waals surface area contributed by atoms with E-state index in [0.717, 1.165) is 25.7 Å². The predicted octanol–water partition coefficient (Wildman–Crippen LogP) is 2.13. The van der Waals surface area contributed by atoms with Crippen LogP contribution in [0.1, 0.15) is 50.8 Å². The largest absolute Gasteiger partial charge is 0.481 e. The summed E-state index contributed by atoms with van der Waals surface area (Å²) in [5.41, 5.74) is -0.963. The highest BCUT2D eigenvalue weighted by Gasteiger charge is 2.40. The van der Waals surface area contributed by atoms with E-state index in [0.29, 0.717) is 18.7 Å². The number of aliphatic carboxylic acids is 1. The van der Waals surface area contributed by atoms with Crippen LogP contribution >= 0.6 is 0 Å². The third kappa shape index (κ3) is 3.34. The Morgan fingerprint density at radius 2 is 1.95 bits per heavy atom. The zero-order valence-electron chi connectivity index (χ0n) is 11.5. The van der Waals surface area contributed by atoms with Crippen LogP contribution in [0.25, 0.3) is 0 Å². The van der Waals surface area contributed by atoms with Gasteiger partial charge in [0.25, 0.3) is 0 Å². The molecule has 1 fully saturated rings. The summed E-state index contributed by atoms with van der Waals surface area (Å²) in [5.74, 6) is -0.864. The van der Waals surface area contributed by atoms with Crippen molar-refractivity contribution in [2.24, 2.45) is 5.41 Å². The molecule has 1 aliphatic rings. The van der Waals surface area contributed by atoms with Crippen LogP contribution < -0.4 is 5.32 Å². The van der Waals surface area contributed by atoms with Crippen molar-refractivity contribution in [3.05, 3.63) is 5.82 Å². The number of hydrogen-bond donors (Lipinski definition) is 2. The summed E-state index contributed by atoms with van der Waals surface area (Å²) >= 11 is 0. The van der Waals surface area contributed by atoms with E-state index >= 15 is 0 Å². The van der Waals surface area contributed by atoms with E-state index in [-0.39, 0.29) is 12.4 Å². The molecule has 1 saturated carbocycles. The molecule has 0 spiro atoms. The van der Waals surface area contributed by atoms with Gasteiger partial charge in [-0.2, -0.15) is 4.98 Å². The molecule has 1 aliphatic carbocycles. The first-order valence-corrected chi connectivity index (χ1v) is 6.85. The van der Waals surface area contributed by atoms with Crippen molar-refractivity contribution in [1.29, 1.82) is 0 Å². The maximum atomic E-state index is 12.0. The number of carbonyl (C=O) groups excluding carboxylic acids is 1. The number of anilines is 1. The van der Waals surface area contributed by atoms with E-state index in [1.807, 2.05) is 0 Å². The predicted molar refractivity (Wildman–Crippen MR) is 70.1 cm³/mol. The minimum atomic E-state index is -0.963. The van der Waals surface area contributed by atoms with Gasteiger partial charge in [-0.25, -0.2) is 0 Å². The molecule has 0 radical (unpaired) electrons.